The van der Waals surface area contributed by atoms with Gasteiger partial charge in [-0.05, 0) is 19.8 Å². The zero-order chi connectivity index (χ0) is 10.9. The first kappa shape index (κ1) is 11.4. The van der Waals surface area contributed by atoms with E-state index in [1.54, 1.807) is 0 Å². The first-order valence-corrected chi connectivity index (χ1v) is 5.32. The van der Waals surface area contributed by atoms with Crippen LogP contribution >= 0.6 is 11.6 Å². The van der Waals surface area contributed by atoms with Gasteiger partial charge in [-0.2, -0.15) is 0 Å². The van der Waals surface area contributed by atoms with Crippen molar-refractivity contribution in [2.75, 3.05) is 0 Å². The molecule has 0 fully saturated rings. The minimum atomic E-state index is 0.354. The highest BCUT2D eigenvalue weighted by atomic mass is 35.5. The van der Waals surface area contributed by atoms with Gasteiger partial charge in [0, 0.05) is 17.2 Å². The molecule has 1 unspecified atom stereocenters. The fourth-order valence-corrected chi connectivity index (χ4v) is 1.34. The molecule has 0 aliphatic carbocycles. The number of hydrogen-bond donors (Lipinski definition) is 0. The molecule has 0 aromatic carbocycles. The molecule has 0 aliphatic heterocycles. The maximum Gasteiger partial charge on any atom is 0.135 e. The molecule has 2 nitrogen and oxygen atoms in total. The van der Waals surface area contributed by atoms with Gasteiger partial charge in [0.25, 0.3) is 0 Å². The second-order valence-electron chi connectivity index (χ2n) is 4.12. The molecule has 0 N–H and O–H groups in total. The van der Waals surface area contributed by atoms with E-state index in [2.05, 4.69) is 30.7 Å². The third kappa shape index (κ3) is 2.24. The normalized spacial score (nSPS) is 13.4. The van der Waals surface area contributed by atoms with E-state index in [-0.39, 0.29) is 0 Å². The number of nitrogens with zero attached hydrogens (tertiary/aromatic N) is 2. The lowest BCUT2D eigenvalue weighted by Gasteiger charge is -2.15. The highest BCUT2D eigenvalue weighted by molar-refractivity contribution is 6.30. The lowest BCUT2D eigenvalue weighted by molar-refractivity contribution is 0.508. The van der Waals surface area contributed by atoms with E-state index in [4.69, 9.17) is 11.6 Å². The molecule has 0 aliphatic rings. The van der Waals surface area contributed by atoms with Crippen LogP contribution in [0.25, 0.3) is 0 Å². The van der Waals surface area contributed by atoms with E-state index in [0.717, 1.165) is 17.1 Å². The molecular formula is C11H17ClN2. The zero-order valence-corrected chi connectivity index (χ0v) is 10.2. The Morgan fingerprint density at radius 1 is 1.07 bits per heavy atom. The molecule has 0 amide bonds. The maximum atomic E-state index is 6.02. The summed E-state index contributed by atoms with van der Waals surface area (Å²) in [6.07, 6.45) is 0. The quantitative estimate of drug-likeness (QED) is 0.702. The molecule has 0 radical (unpaired) electrons. The van der Waals surface area contributed by atoms with Crippen molar-refractivity contribution in [2.24, 2.45) is 5.92 Å². The molecule has 1 atom stereocenters. The van der Waals surface area contributed by atoms with Gasteiger partial charge in [0.15, 0.2) is 0 Å². The molecule has 3 heteroatoms. The van der Waals surface area contributed by atoms with Crippen molar-refractivity contribution in [1.29, 1.82) is 0 Å². The van der Waals surface area contributed by atoms with Crippen LogP contribution in [0.2, 0.25) is 5.15 Å². The van der Waals surface area contributed by atoms with Crippen molar-refractivity contribution in [3.05, 3.63) is 22.2 Å². The first-order valence-electron chi connectivity index (χ1n) is 4.94. The van der Waals surface area contributed by atoms with E-state index >= 15 is 0 Å². The standard InChI is InChI=1S/C11H17ClN2/c1-6(2)7(3)11-13-9(5)8(4)10(12)14-11/h6-7H,1-5H3. The van der Waals surface area contributed by atoms with Crippen molar-refractivity contribution in [3.8, 4) is 0 Å². The van der Waals surface area contributed by atoms with Crippen molar-refractivity contribution >= 4 is 11.6 Å². The van der Waals surface area contributed by atoms with Crippen LogP contribution < -0.4 is 0 Å². The van der Waals surface area contributed by atoms with Gasteiger partial charge < -0.3 is 0 Å². The van der Waals surface area contributed by atoms with Gasteiger partial charge in [-0.1, -0.05) is 32.4 Å². The summed E-state index contributed by atoms with van der Waals surface area (Å²) < 4.78 is 0. The van der Waals surface area contributed by atoms with Crippen molar-refractivity contribution in [1.82, 2.24) is 9.97 Å². The molecule has 0 saturated heterocycles. The van der Waals surface area contributed by atoms with Crippen LogP contribution in [0.15, 0.2) is 0 Å². The lowest BCUT2D eigenvalue weighted by atomic mass is 9.97. The predicted octanol–water partition coefficient (Wildman–Crippen LogP) is 3.51. The first-order chi connectivity index (χ1) is 6.43. The molecule has 1 rings (SSSR count). The van der Waals surface area contributed by atoms with Crippen molar-refractivity contribution < 1.29 is 0 Å². The molecule has 1 aromatic heterocycles. The average Bonchev–Trinajstić information content (AvgIpc) is 2.12. The minimum Gasteiger partial charge on any atom is -0.238 e. The monoisotopic (exact) mass is 212 g/mol. The average molecular weight is 213 g/mol. The van der Waals surface area contributed by atoms with E-state index < -0.39 is 0 Å². The Kier molecular flexibility index (Phi) is 3.48. The molecule has 1 aromatic rings. The lowest BCUT2D eigenvalue weighted by Crippen LogP contribution is -2.09. The summed E-state index contributed by atoms with van der Waals surface area (Å²) in [5.74, 6) is 1.74. The van der Waals surface area contributed by atoms with Crippen molar-refractivity contribution in [3.63, 3.8) is 0 Å². The third-order valence-electron chi connectivity index (χ3n) is 2.75. The Labute approximate surface area is 90.7 Å². The van der Waals surface area contributed by atoms with Crippen LogP contribution in [0.1, 0.15) is 43.8 Å². The van der Waals surface area contributed by atoms with Crippen LogP contribution in [0.4, 0.5) is 0 Å². The molecule has 1 heterocycles. The highest BCUT2D eigenvalue weighted by Crippen LogP contribution is 2.23. The minimum absolute atomic E-state index is 0.354. The number of aryl methyl sites for hydroxylation is 1. The summed E-state index contributed by atoms with van der Waals surface area (Å²) in [7, 11) is 0. The summed E-state index contributed by atoms with van der Waals surface area (Å²) in [6, 6.07) is 0. The highest BCUT2D eigenvalue weighted by Gasteiger charge is 2.15. The van der Waals surface area contributed by atoms with Gasteiger partial charge in [0.1, 0.15) is 11.0 Å². The second-order valence-corrected chi connectivity index (χ2v) is 4.47. The summed E-state index contributed by atoms with van der Waals surface area (Å²) in [5.41, 5.74) is 1.96. The Balaban J connectivity index is 3.12. The van der Waals surface area contributed by atoms with Gasteiger partial charge in [-0.15, -0.1) is 0 Å². The van der Waals surface area contributed by atoms with E-state index in [0.29, 0.717) is 17.0 Å². The van der Waals surface area contributed by atoms with Crippen LogP contribution in [0.5, 0.6) is 0 Å². The molecule has 0 bridgehead atoms. The zero-order valence-electron chi connectivity index (χ0n) is 9.43. The number of aromatic nitrogens is 2. The molecule has 0 spiro atoms. The van der Waals surface area contributed by atoms with Gasteiger partial charge in [-0.25, -0.2) is 9.97 Å². The van der Waals surface area contributed by atoms with Crippen LogP contribution in [-0.2, 0) is 0 Å². The van der Waals surface area contributed by atoms with Crippen LogP contribution in [0, 0.1) is 19.8 Å². The Hall–Kier alpha value is -0.630. The molecule has 14 heavy (non-hydrogen) atoms. The summed E-state index contributed by atoms with van der Waals surface area (Å²) in [4.78, 5) is 8.77. The Morgan fingerprint density at radius 3 is 2.07 bits per heavy atom. The summed E-state index contributed by atoms with van der Waals surface area (Å²) >= 11 is 6.02. The van der Waals surface area contributed by atoms with Gasteiger partial charge >= 0.3 is 0 Å². The van der Waals surface area contributed by atoms with E-state index in [1.165, 1.54) is 0 Å². The summed E-state index contributed by atoms with van der Waals surface area (Å²) in [6.45, 7) is 10.4. The molecule has 0 saturated carbocycles. The van der Waals surface area contributed by atoms with E-state index in [1.807, 2.05) is 13.8 Å². The third-order valence-corrected chi connectivity index (χ3v) is 3.12. The summed E-state index contributed by atoms with van der Waals surface area (Å²) in [5, 5.41) is 0.583. The van der Waals surface area contributed by atoms with Crippen LogP contribution in [-0.4, -0.2) is 9.97 Å². The topological polar surface area (TPSA) is 25.8 Å². The SMILES string of the molecule is Cc1nc(C(C)C(C)C)nc(Cl)c1C. The second kappa shape index (κ2) is 4.26. The number of rotatable bonds is 2. The van der Waals surface area contributed by atoms with Gasteiger partial charge in [0.05, 0.1) is 0 Å². The molecular weight excluding hydrogens is 196 g/mol. The smallest absolute Gasteiger partial charge is 0.135 e. The van der Waals surface area contributed by atoms with E-state index in [9.17, 15) is 0 Å². The van der Waals surface area contributed by atoms with Gasteiger partial charge in [-0.3, -0.25) is 0 Å². The Bertz CT molecular complexity index is 311. The van der Waals surface area contributed by atoms with Gasteiger partial charge in [0.2, 0.25) is 0 Å². The Morgan fingerprint density at radius 2 is 1.64 bits per heavy atom. The van der Waals surface area contributed by atoms with Crippen molar-refractivity contribution in [2.45, 2.75) is 40.5 Å². The maximum absolute atomic E-state index is 6.02. The molecule has 78 valence electrons. The largest absolute Gasteiger partial charge is 0.238 e. The predicted molar refractivity (Wildman–Crippen MR) is 59.8 cm³/mol. The van der Waals surface area contributed by atoms with Crippen LogP contribution in [0.3, 0.4) is 0 Å². The number of hydrogen-bond acceptors (Lipinski definition) is 2. The fourth-order valence-electron chi connectivity index (χ4n) is 1.12. The fraction of sp³-hybridized carbons (Fsp3) is 0.636. The number of halogens is 1.